The molecule has 8 nitrogen and oxygen atoms in total. The molecule has 1 heterocycles. The maximum atomic E-state index is 13.3. The Hall–Kier alpha value is -3.42. The molecule has 1 unspecified atom stereocenters. The molecule has 1 atom stereocenters. The molecule has 8 heteroatoms. The third-order valence-electron chi connectivity index (χ3n) is 5.48. The lowest BCUT2D eigenvalue weighted by Crippen LogP contribution is -2.49. The molecule has 2 aromatic carbocycles. The Morgan fingerprint density at radius 3 is 2.26 bits per heavy atom. The normalized spacial score (nSPS) is 15.0. The van der Waals surface area contributed by atoms with E-state index in [0.29, 0.717) is 28.6 Å². The van der Waals surface area contributed by atoms with E-state index in [-0.39, 0.29) is 25.3 Å². The van der Waals surface area contributed by atoms with Crippen LogP contribution in [0.15, 0.2) is 30.3 Å². The van der Waals surface area contributed by atoms with Gasteiger partial charge in [0.05, 0.1) is 42.0 Å². The number of hydrogen-bond donors (Lipinski definition) is 0. The molecule has 1 aliphatic rings. The number of carbonyl (C=O) groups is 2. The molecule has 0 saturated heterocycles. The Kier molecular flexibility index (Phi) is 6.89. The van der Waals surface area contributed by atoms with Crippen LogP contribution in [0.4, 0.5) is 0 Å². The Bertz CT molecular complexity index is 973. The number of carbonyl (C=O) groups excluding carboxylic acids is 2. The number of methoxy groups -OCH3 is 5. The largest absolute Gasteiger partial charge is 0.497 e. The van der Waals surface area contributed by atoms with Gasteiger partial charge < -0.3 is 28.6 Å². The fourth-order valence-electron chi connectivity index (χ4n) is 3.89. The minimum absolute atomic E-state index is 0.0521. The van der Waals surface area contributed by atoms with Crippen LogP contribution in [0.2, 0.25) is 0 Å². The molecule has 1 amide bonds. The van der Waals surface area contributed by atoms with Crippen LogP contribution in [-0.4, -0.2) is 58.4 Å². The predicted molar refractivity (Wildman–Crippen MR) is 113 cm³/mol. The molecule has 0 bridgehead atoms. The highest BCUT2D eigenvalue weighted by molar-refractivity contribution is 5.87. The summed E-state index contributed by atoms with van der Waals surface area (Å²) in [5, 5.41) is 0. The molecule has 1 aliphatic heterocycles. The summed E-state index contributed by atoms with van der Waals surface area (Å²) in [4.78, 5) is 27.4. The molecule has 0 spiro atoms. The van der Waals surface area contributed by atoms with Gasteiger partial charge in [-0.1, -0.05) is 6.07 Å². The summed E-state index contributed by atoms with van der Waals surface area (Å²) < 4.78 is 26.6. The Labute approximate surface area is 181 Å². The minimum Gasteiger partial charge on any atom is -0.497 e. The second-order valence-corrected chi connectivity index (χ2v) is 7.06. The van der Waals surface area contributed by atoms with Gasteiger partial charge in [-0.05, 0) is 29.8 Å². The van der Waals surface area contributed by atoms with Crippen molar-refractivity contribution >= 4 is 11.9 Å². The highest BCUT2D eigenvalue weighted by Crippen LogP contribution is 2.38. The summed E-state index contributed by atoms with van der Waals surface area (Å²) in [6.45, 7) is 0.251. The number of rotatable bonds is 7. The van der Waals surface area contributed by atoms with E-state index >= 15 is 0 Å². The zero-order valence-electron chi connectivity index (χ0n) is 18.4. The Morgan fingerprint density at radius 1 is 0.935 bits per heavy atom. The number of fused-ring (bicyclic) bond motifs is 1. The van der Waals surface area contributed by atoms with Gasteiger partial charge in [-0.2, -0.15) is 0 Å². The van der Waals surface area contributed by atoms with Crippen LogP contribution in [0.25, 0.3) is 0 Å². The molecule has 0 aliphatic carbocycles. The zero-order valence-corrected chi connectivity index (χ0v) is 18.4. The monoisotopic (exact) mass is 429 g/mol. The summed E-state index contributed by atoms with van der Waals surface area (Å²) in [6, 6.07) is 8.18. The average Bonchev–Trinajstić information content (AvgIpc) is 2.81. The van der Waals surface area contributed by atoms with E-state index in [1.807, 2.05) is 6.07 Å². The summed E-state index contributed by atoms with van der Waals surface area (Å²) >= 11 is 0. The van der Waals surface area contributed by atoms with Crippen molar-refractivity contribution in [2.24, 2.45) is 0 Å². The van der Waals surface area contributed by atoms with E-state index < -0.39 is 12.0 Å². The lowest BCUT2D eigenvalue weighted by atomic mass is 9.92. The number of esters is 1. The lowest BCUT2D eigenvalue weighted by Gasteiger charge is -2.36. The van der Waals surface area contributed by atoms with Crippen molar-refractivity contribution in [2.45, 2.75) is 25.4 Å². The fraction of sp³-hybridized carbons (Fsp3) is 0.391. The number of benzene rings is 2. The SMILES string of the molecule is COC(=O)C1Cc2c(ccc(OC)c2OC)CN1C(=O)Cc1cc(OC)ccc1OC. The molecule has 0 fully saturated rings. The van der Waals surface area contributed by atoms with Crippen LogP contribution < -0.4 is 18.9 Å². The van der Waals surface area contributed by atoms with Gasteiger partial charge in [-0.25, -0.2) is 4.79 Å². The van der Waals surface area contributed by atoms with Crippen molar-refractivity contribution in [2.75, 3.05) is 35.5 Å². The first-order valence-corrected chi connectivity index (χ1v) is 9.78. The number of ether oxygens (including phenoxy) is 5. The molecule has 166 valence electrons. The molecule has 31 heavy (non-hydrogen) atoms. The van der Waals surface area contributed by atoms with Crippen molar-refractivity contribution < 1.29 is 33.3 Å². The van der Waals surface area contributed by atoms with Crippen molar-refractivity contribution in [3.63, 3.8) is 0 Å². The minimum atomic E-state index is -0.775. The van der Waals surface area contributed by atoms with Gasteiger partial charge in [0.1, 0.15) is 17.5 Å². The van der Waals surface area contributed by atoms with Crippen LogP contribution >= 0.6 is 0 Å². The van der Waals surface area contributed by atoms with E-state index in [2.05, 4.69) is 0 Å². The van der Waals surface area contributed by atoms with Gasteiger partial charge in [0.2, 0.25) is 5.91 Å². The number of nitrogens with zero attached hydrogens (tertiary/aromatic N) is 1. The second-order valence-electron chi connectivity index (χ2n) is 7.06. The summed E-state index contributed by atoms with van der Waals surface area (Å²) in [6.07, 6.45) is 0.319. The zero-order chi connectivity index (χ0) is 22.5. The van der Waals surface area contributed by atoms with Crippen LogP contribution in [0, 0.1) is 0 Å². The molecule has 0 saturated carbocycles. The highest BCUT2D eigenvalue weighted by Gasteiger charge is 2.37. The van der Waals surface area contributed by atoms with Gasteiger partial charge in [-0.15, -0.1) is 0 Å². The van der Waals surface area contributed by atoms with Gasteiger partial charge in [0.15, 0.2) is 11.5 Å². The van der Waals surface area contributed by atoms with Crippen LogP contribution in [0.5, 0.6) is 23.0 Å². The van der Waals surface area contributed by atoms with Crippen LogP contribution in [0.1, 0.15) is 16.7 Å². The van der Waals surface area contributed by atoms with Crippen molar-refractivity contribution in [1.29, 1.82) is 0 Å². The molecule has 3 rings (SSSR count). The van der Waals surface area contributed by atoms with E-state index in [4.69, 9.17) is 23.7 Å². The smallest absolute Gasteiger partial charge is 0.328 e. The van der Waals surface area contributed by atoms with Crippen LogP contribution in [0.3, 0.4) is 0 Å². The summed E-state index contributed by atoms with van der Waals surface area (Å²) in [7, 11) is 7.53. The Morgan fingerprint density at radius 2 is 1.65 bits per heavy atom. The van der Waals surface area contributed by atoms with E-state index in [9.17, 15) is 9.59 Å². The maximum absolute atomic E-state index is 13.3. The third-order valence-corrected chi connectivity index (χ3v) is 5.48. The first kappa shape index (κ1) is 22.3. The van der Waals surface area contributed by atoms with Gasteiger partial charge in [0, 0.05) is 24.1 Å². The quantitative estimate of drug-likeness (QED) is 0.625. The third kappa shape index (κ3) is 4.38. The number of amides is 1. The van der Waals surface area contributed by atoms with Gasteiger partial charge >= 0.3 is 5.97 Å². The van der Waals surface area contributed by atoms with E-state index in [1.54, 1.807) is 57.6 Å². The standard InChI is InChI=1S/C23H27NO7/c1-27-16-7-9-19(28-2)15(10-16)11-21(25)24-13-14-6-8-20(29-3)22(30-4)17(14)12-18(24)23(26)31-5/h6-10,18H,11-13H2,1-5H3. The second kappa shape index (κ2) is 9.59. The first-order chi connectivity index (χ1) is 15.0. The first-order valence-electron chi connectivity index (χ1n) is 9.78. The topological polar surface area (TPSA) is 83.5 Å². The summed E-state index contributed by atoms with van der Waals surface area (Å²) in [5.41, 5.74) is 2.40. The van der Waals surface area contributed by atoms with Gasteiger partial charge in [0.25, 0.3) is 0 Å². The molecule has 0 aromatic heterocycles. The molecular weight excluding hydrogens is 402 g/mol. The van der Waals surface area contributed by atoms with E-state index in [1.165, 1.54) is 7.11 Å². The molecule has 0 N–H and O–H groups in total. The fourth-order valence-corrected chi connectivity index (χ4v) is 3.89. The maximum Gasteiger partial charge on any atom is 0.328 e. The molecule has 0 radical (unpaired) electrons. The van der Waals surface area contributed by atoms with Crippen molar-refractivity contribution in [3.05, 3.63) is 47.0 Å². The van der Waals surface area contributed by atoms with Gasteiger partial charge in [-0.3, -0.25) is 4.79 Å². The van der Waals surface area contributed by atoms with Crippen molar-refractivity contribution in [3.8, 4) is 23.0 Å². The Balaban J connectivity index is 1.96. The van der Waals surface area contributed by atoms with Crippen LogP contribution in [-0.2, 0) is 33.7 Å². The number of hydrogen-bond acceptors (Lipinski definition) is 7. The highest BCUT2D eigenvalue weighted by atomic mass is 16.5. The average molecular weight is 429 g/mol. The molecular formula is C23H27NO7. The lowest BCUT2D eigenvalue weighted by molar-refractivity contribution is -0.153. The van der Waals surface area contributed by atoms with Crippen molar-refractivity contribution in [1.82, 2.24) is 4.90 Å². The van der Waals surface area contributed by atoms with E-state index in [0.717, 1.165) is 11.1 Å². The molecule has 2 aromatic rings. The predicted octanol–water partition coefficient (Wildman–Crippen LogP) is 2.39. The summed E-state index contributed by atoms with van der Waals surface area (Å²) in [5.74, 6) is 1.63.